The summed E-state index contributed by atoms with van der Waals surface area (Å²) in [7, 11) is 0. The van der Waals surface area contributed by atoms with E-state index >= 15 is 0 Å². The number of anilines is 2. The van der Waals surface area contributed by atoms with Crippen LogP contribution in [0.3, 0.4) is 0 Å². The summed E-state index contributed by atoms with van der Waals surface area (Å²) in [6.45, 7) is 2.08. The first-order valence-electron chi connectivity index (χ1n) is 10.3. The molecule has 0 radical (unpaired) electrons. The fourth-order valence-corrected chi connectivity index (χ4v) is 4.51. The molecule has 0 unspecified atom stereocenters. The largest absolute Gasteiger partial charge is 0.343 e. The molecule has 3 heterocycles. The van der Waals surface area contributed by atoms with E-state index in [1.807, 2.05) is 48.0 Å². The van der Waals surface area contributed by atoms with Crippen LogP contribution in [0.1, 0.15) is 17.4 Å². The summed E-state index contributed by atoms with van der Waals surface area (Å²) in [4.78, 5) is 9.62. The standard InChI is InChI=1S/C25H19F2N5S/c1-15(28)2-5-20-12-22-24(33-20)25(30-14-29-22)31-19-4-7-23-16(11-19)8-9-32(23)13-17-10-18(26)3-6-21(17)27/h3-4,6-12,14-15H,13,28H2,1H3,(H,29,30,31)/t15-/m1/s1. The van der Waals surface area contributed by atoms with Crippen molar-refractivity contribution < 1.29 is 8.78 Å². The summed E-state index contributed by atoms with van der Waals surface area (Å²) in [6.07, 6.45) is 3.38. The quantitative estimate of drug-likeness (QED) is 0.353. The number of hydrogen-bond acceptors (Lipinski definition) is 5. The molecule has 0 aliphatic heterocycles. The summed E-state index contributed by atoms with van der Waals surface area (Å²) in [5.74, 6) is 5.85. The number of fused-ring (bicyclic) bond motifs is 2. The van der Waals surface area contributed by atoms with Crippen LogP contribution in [-0.4, -0.2) is 20.6 Å². The van der Waals surface area contributed by atoms with Crippen molar-refractivity contribution in [3.63, 3.8) is 0 Å². The number of nitrogens with zero attached hydrogens (tertiary/aromatic N) is 3. The van der Waals surface area contributed by atoms with Gasteiger partial charge in [-0.05, 0) is 55.5 Å². The summed E-state index contributed by atoms with van der Waals surface area (Å²) in [5.41, 5.74) is 8.62. The zero-order valence-electron chi connectivity index (χ0n) is 17.6. The molecule has 0 aliphatic rings. The number of benzene rings is 2. The molecular formula is C25H19F2N5S. The molecule has 5 rings (SSSR count). The highest BCUT2D eigenvalue weighted by Crippen LogP contribution is 2.31. The van der Waals surface area contributed by atoms with Gasteiger partial charge in [0.05, 0.1) is 27.7 Å². The monoisotopic (exact) mass is 459 g/mol. The maximum atomic E-state index is 14.1. The van der Waals surface area contributed by atoms with Crippen molar-refractivity contribution in [3.05, 3.63) is 83.1 Å². The SMILES string of the molecule is C[C@@H](N)C#Cc1cc2ncnc(Nc3ccc4c(ccn4Cc4cc(F)ccc4F)c3)c2s1. The lowest BCUT2D eigenvalue weighted by Crippen LogP contribution is -2.10. The molecular weight excluding hydrogens is 440 g/mol. The zero-order chi connectivity index (χ0) is 22.9. The molecule has 0 amide bonds. The molecule has 8 heteroatoms. The Bertz CT molecular complexity index is 1540. The third kappa shape index (κ3) is 4.42. The van der Waals surface area contributed by atoms with Gasteiger partial charge in [-0.3, -0.25) is 0 Å². The van der Waals surface area contributed by atoms with E-state index in [1.165, 1.54) is 23.7 Å². The van der Waals surface area contributed by atoms with Crippen LogP contribution in [0.5, 0.6) is 0 Å². The van der Waals surface area contributed by atoms with E-state index < -0.39 is 11.6 Å². The lowest BCUT2D eigenvalue weighted by atomic mass is 10.2. The Labute approximate surface area is 192 Å². The van der Waals surface area contributed by atoms with E-state index in [1.54, 1.807) is 0 Å². The minimum atomic E-state index is -0.453. The van der Waals surface area contributed by atoms with Gasteiger partial charge in [-0.1, -0.05) is 11.8 Å². The Morgan fingerprint density at radius 2 is 2.00 bits per heavy atom. The van der Waals surface area contributed by atoms with Crippen molar-refractivity contribution in [2.45, 2.75) is 19.5 Å². The van der Waals surface area contributed by atoms with Gasteiger partial charge in [0.1, 0.15) is 18.0 Å². The van der Waals surface area contributed by atoms with Crippen molar-refractivity contribution in [3.8, 4) is 11.8 Å². The summed E-state index contributed by atoms with van der Waals surface area (Å²) < 4.78 is 30.4. The third-order valence-corrected chi connectivity index (χ3v) is 6.16. The van der Waals surface area contributed by atoms with Gasteiger partial charge in [0, 0.05) is 28.4 Å². The third-order valence-electron chi connectivity index (χ3n) is 5.12. The Hall–Kier alpha value is -3.80. The second kappa shape index (κ2) is 8.62. The minimum absolute atomic E-state index is 0.199. The van der Waals surface area contributed by atoms with Gasteiger partial charge >= 0.3 is 0 Å². The van der Waals surface area contributed by atoms with Gasteiger partial charge in [-0.25, -0.2) is 18.7 Å². The number of nitrogens with one attached hydrogen (secondary N) is 1. The second-order valence-electron chi connectivity index (χ2n) is 7.68. The molecule has 0 bridgehead atoms. The van der Waals surface area contributed by atoms with E-state index in [-0.39, 0.29) is 12.6 Å². The van der Waals surface area contributed by atoms with Crippen LogP contribution >= 0.6 is 11.3 Å². The number of nitrogens with two attached hydrogens (primary N) is 1. The van der Waals surface area contributed by atoms with Crippen molar-refractivity contribution >= 4 is 44.0 Å². The van der Waals surface area contributed by atoms with Gasteiger partial charge in [-0.2, -0.15) is 0 Å². The van der Waals surface area contributed by atoms with Crippen LogP contribution in [0.2, 0.25) is 0 Å². The summed E-state index contributed by atoms with van der Waals surface area (Å²) >= 11 is 1.51. The smallest absolute Gasteiger partial charge is 0.151 e. The topological polar surface area (TPSA) is 68.8 Å². The molecule has 164 valence electrons. The highest BCUT2D eigenvalue weighted by Gasteiger charge is 2.11. The highest BCUT2D eigenvalue weighted by atomic mass is 32.1. The highest BCUT2D eigenvalue weighted by molar-refractivity contribution is 7.20. The Morgan fingerprint density at radius 3 is 2.85 bits per heavy atom. The summed E-state index contributed by atoms with van der Waals surface area (Å²) in [6, 6.07) is 13.0. The predicted octanol–water partition coefficient (Wildman–Crippen LogP) is 5.41. The van der Waals surface area contributed by atoms with Gasteiger partial charge < -0.3 is 15.6 Å². The van der Waals surface area contributed by atoms with E-state index in [0.29, 0.717) is 11.4 Å². The first-order valence-corrected chi connectivity index (χ1v) is 11.1. The average molecular weight is 460 g/mol. The molecule has 2 aromatic carbocycles. The molecule has 3 aromatic heterocycles. The van der Waals surface area contributed by atoms with Gasteiger partial charge in [-0.15, -0.1) is 11.3 Å². The number of hydrogen-bond donors (Lipinski definition) is 2. The molecule has 33 heavy (non-hydrogen) atoms. The van der Waals surface area contributed by atoms with Crippen LogP contribution in [0.25, 0.3) is 21.1 Å². The zero-order valence-corrected chi connectivity index (χ0v) is 18.5. The van der Waals surface area contributed by atoms with E-state index in [9.17, 15) is 8.78 Å². The molecule has 1 atom stereocenters. The van der Waals surface area contributed by atoms with Crippen LogP contribution in [-0.2, 0) is 6.54 Å². The lowest BCUT2D eigenvalue weighted by molar-refractivity contribution is 0.579. The van der Waals surface area contributed by atoms with Crippen LogP contribution in [0, 0.1) is 23.5 Å². The molecule has 0 fully saturated rings. The fourth-order valence-electron chi connectivity index (χ4n) is 3.59. The maximum absolute atomic E-state index is 14.1. The van der Waals surface area contributed by atoms with Crippen molar-refractivity contribution in [1.82, 2.24) is 14.5 Å². The first kappa shape index (κ1) is 21.1. The Kier molecular flexibility index (Phi) is 5.50. The normalized spacial score (nSPS) is 12.0. The Balaban J connectivity index is 1.43. The molecule has 3 N–H and O–H groups in total. The number of aromatic nitrogens is 3. The van der Waals surface area contributed by atoms with Gasteiger partial charge in [0.15, 0.2) is 5.82 Å². The van der Waals surface area contributed by atoms with Crippen molar-refractivity contribution in [1.29, 1.82) is 0 Å². The van der Waals surface area contributed by atoms with E-state index in [0.717, 1.165) is 43.8 Å². The maximum Gasteiger partial charge on any atom is 0.151 e. The predicted molar refractivity (Wildman–Crippen MR) is 129 cm³/mol. The molecule has 0 saturated heterocycles. The number of thiophene rings is 1. The van der Waals surface area contributed by atoms with E-state index in [2.05, 4.69) is 27.1 Å². The van der Waals surface area contributed by atoms with Gasteiger partial charge in [0.25, 0.3) is 0 Å². The lowest BCUT2D eigenvalue weighted by Gasteiger charge is -2.09. The number of rotatable bonds is 4. The molecule has 0 saturated carbocycles. The van der Waals surface area contributed by atoms with E-state index in [4.69, 9.17) is 5.73 Å². The minimum Gasteiger partial charge on any atom is -0.343 e. The molecule has 0 aliphatic carbocycles. The fraction of sp³-hybridized carbons (Fsp3) is 0.120. The Morgan fingerprint density at radius 1 is 1.12 bits per heavy atom. The van der Waals surface area contributed by atoms with Crippen LogP contribution in [0.15, 0.2) is 61.1 Å². The summed E-state index contributed by atoms with van der Waals surface area (Å²) in [5, 5.41) is 4.33. The molecule has 5 aromatic rings. The first-order chi connectivity index (χ1) is 16.0. The second-order valence-corrected chi connectivity index (χ2v) is 8.74. The molecule has 0 spiro atoms. The molecule has 5 nitrogen and oxygen atoms in total. The van der Waals surface area contributed by atoms with Crippen molar-refractivity contribution in [2.75, 3.05) is 5.32 Å². The van der Waals surface area contributed by atoms with Crippen LogP contribution in [0.4, 0.5) is 20.3 Å². The average Bonchev–Trinajstić information content (AvgIpc) is 3.39. The van der Waals surface area contributed by atoms with Crippen molar-refractivity contribution in [2.24, 2.45) is 5.73 Å². The van der Waals surface area contributed by atoms with Gasteiger partial charge in [0.2, 0.25) is 0 Å². The number of halogens is 2. The van der Waals surface area contributed by atoms with Crippen LogP contribution < -0.4 is 11.1 Å².